The Morgan fingerprint density at radius 1 is 1.10 bits per heavy atom. The van der Waals surface area contributed by atoms with E-state index >= 15 is 0 Å². The second-order valence-electron chi connectivity index (χ2n) is 6.87. The first-order chi connectivity index (χ1) is 14.5. The molecule has 3 heterocycles. The highest BCUT2D eigenvalue weighted by atomic mass is 32.2. The van der Waals surface area contributed by atoms with E-state index < -0.39 is 0 Å². The molecule has 0 saturated carbocycles. The van der Waals surface area contributed by atoms with Gasteiger partial charge in [-0.15, -0.1) is 0 Å². The summed E-state index contributed by atoms with van der Waals surface area (Å²) in [6, 6.07) is 15.2. The molecule has 2 amide bonds. The lowest BCUT2D eigenvalue weighted by atomic mass is 10.2. The highest BCUT2D eigenvalue weighted by molar-refractivity contribution is 8.18. The zero-order chi connectivity index (χ0) is 21.1. The van der Waals surface area contributed by atoms with Crippen LogP contribution in [0.3, 0.4) is 0 Å². The number of para-hydroxylation sites is 1. The number of ether oxygens (including phenoxy) is 1. The molecule has 0 aliphatic carbocycles. The lowest BCUT2D eigenvalue weighted by Crippen LogP contribution is -2.32. The van der Waals surface area contributed by atoms with E-state index in [0.29, 0.717) is 10.7 Å². The molecular weight excluding hydrogens is 398 g/mol. The Kier molecular flexibility index (Phi) is 5.72. The van der Waals surface area contributed by atoms with Crippen LogP contribution in [0.5, 0.6) is 5.75 Å². The van der Waals surface area contributed by atoms with Crippen LogP contribution in [-0.4, -0.2) is 38.7 Å². The lowest BCUT2D eigenvalue weighted by Gasteiger charge is -2.13. The minimum atomic E-state index is -0.284. The summed E-state index contributed by atoms with van der Waals surface area (Å²) in [6.45, 7) is 4.46. The quantitative estimate of drug-likeness (QED) is 0.546. The number of imide groups is 1. The van der Waals surface area contributed by atoms with Gasteiger partial charge in [0.25, 0.3) is 11.1 Å². The second kappa shape index (κ2) is 8.59. The van der Waals surface area contributed by atoms with Crippen molar-refractivity contribution in [3.8, 4) is 11.4 Å². The van der Waals surface area contributed by atoms with Crippen molar-refractivity contribution in [2.24, 2.45) is 0 Å². The van der Waals surface area contributed by atoms with Crippen molar-refractivity contribution in [3.05, 3.63) is 82.8 Å². The normalized spacial score (nSPS) is 15.3. The van der Waals surface area contributed by atoms with E-state index in [9.17, 15) is 9.59 Å². The molecule has 2 aromatic heterocycles. The van der Waals surface area contributed by atoms with Crippen LogP contribution in [0, 0.1) is 13.8 Å². The second-order valence-corrected chi connectivity index (χ2v) is 7.86. The van der Waals surface area contributed by atoms with E-state index in [0.717, 1.165) is 34.4 Å². The third-order valence-corrected chi connectivity index (χ3v) is 5.77. The van der Waals surface area contributed by atoms with Gasteiger partial charge in [-0.3, -0.25) is 19.5 Å². The molecule has 0 N–H and O–H groups in total. The summed E-state index contributed by atoms with van der Waals surface area (Å²) in [7, 11) is 0. The number of nitrogens with zero attached hydrogens (tertiary/aromatic N) is 3. The molecule has 1 aliphatic rings. The molecule has 0 radical (unpaired) electrons. The fourth-order valence-electron chi connectivity index (χ4n) is 3.42. The third-order valence-electron chi connectivity index (χ3n) is 4.86. The first-order valence-corrected chi connectivity index (χ1v) is 10.4. The Morgan fingerprint density at radius 2 is 1.90 bits per heavy atom. The lowest BCUT2D eigenvalue weighted by molar-refractivity contribution is -0.123. The maximum atomic E-state index is 12.8. The van der Waals surface area contributed by atoms with Gasteiger partial charge in [0, 0.05) is 17.6 Å². The summed E-state index contributed by atoms with van der Waals surface area (Å²) in [5.74, 6) is 0.427. The van der Waals surface area contributed by atoms with Crippen molar-refractivity contribution in [2.75, 3.05) is 13.2 Å². The number of aryl methyl sites for hydroxylation is 1. The van der Waals surface area contributed by atoms with Gasteiger partial charge in [0.2, 0.25) is 0 Å². The number of carbonyl (C=O) groups is 2. The molecule has 0 unspecified atom stereocenters. The Morgan fingerprint density at radius 3 is 2.63 bits per heavy atom. The topological polar surface area (TPSA) is 64.4 Å². The van der Waals surface area contributed by atoms with E-state index in [4.69, 9.17) is 4.74 Å². The SMILES string of the molecule is Cc1cc(/C=C2\SC(=O)N(CCOc3ccccc3)C2=O)c(C)n1-c1cccnc1. The standard InChI is InChI=1S/C23H21N3O3S/c1-16-13-18(17(2)26(16)19-7-6-10-24-15-19)14-21-22(27)25(23(28)30-21)11-12-29-20-8-4-3-5-9-20/h3-10,13-15H,11-12H2,1-2H3/b21-14-. The zero-order valence-electron chi connectivity index (χ0n) is 16.7. The van der Waals surface area contributed by atoms with Gasteiger partial charge in [0.1, 0.15) is 12.4 Å². The van der Waals surface area contributed by atoms with Crippen LogP contribution < -0.4 is 4.74 Å². The first-order valence-electron chi connectivity index (χ1n) is 9.57. The number of benzene rings is 1. The van der Waals surface area contributed by atoms with Crippen molar-refractivity contribution < 1.29 is 14.3 Å². The fourth-order valence-corrected chi connectivity index (χ4v) is 4.28. The van der Waals surface area contributed by atoms with Gasteiger partial charge in [-0.1, -0.05) is 18.2 Å². The van der Waals surface area contributed by atoms with Crippen LogP contribution in [0.15, 0.2) is 65.8 Å². The fraction of sp³-hybridized carbons (Fsp3) is 0.174. The summed E-state index contributed by atoms with van der Waals surface area (Å²) >= 11 is 0.964. The smallest absolute Gasteiger partial charge is 0.293 e. The number of rotatable bonds is 6. The highest BCUT2D eigenvalue weighted by Gasteiger charge is 2.35. The van der Waals surface area contributed by atoms with Crippen LogP contribution in [0.1, 0.15) is 17.0 Å². The van der Waals surface area contributed by atoms with Gasteiger partial charge in [-0.2, -0.15) is 0 Å². The number of aromatic nitrogens is 2. The van der Waals surface area contributed by atoms with Crippen molar-refractivity contribution in [3.63, 3.8) is 0 Å². The van der Waals surface area contributed by atoms with Crippen LogP contribution >= 0.6 is 11.8 Å². The molecule has 0 spiro atoms. The Bertz CT molecular complexity index is 1110. The molecular formula is C23H21N3O3S. The molecule has 30 heavy (non-hydrogen) atoms. The van der Waals surface area contributed by atoms with E-state index in [1.54, 1.807) is 18.5 Å². The summed E-state index contributed by atoms with van der Waals surface area (Å²) in [5.41, 5.74) is 3.88. The van der Waals surface area contributed by atoms with E-state index in [1.807, 2.05) is 62.4 Å². The zero-order valence-corrected chi connectivity index (χ0v) is 17.6. The van der Waals surface area contributed by atoms with Gasteiger partial charge in [0.05, 0.1) is 23.3 Å². The minimum Gasteiger partial charge on any atom is -0.492 e. The molecule has 4 rings (SSSR count). The monoisotopic (exact) mass is 419 g/mol. The van der Waals surface area contributed by atoms with Crippen molar-refractivity contribution in [1.82, 2.24) is 14.5 Å². The number of thioether (sulfide) groups is 1. The number of hydrogen-bond donors (Lipinski definition) is 0. The Balaban J connectivity index is 1.50. The summed E-state index contributed by atoms with van der Waals surface area (Å²) < 4.78 is 7.70. The highest BCUT2D eigenvalue weighted by Crippen LogP contribution is 2.33. The van der Waals surface area contributed by atoms with Crippen LogP contribution in [-0.2, 0) is 4.79 Å². The largest absolute Gasteiger partial charge is 0.492 e. The van der Waals surface area contributed by atoms with Crippen molar-refractivity contribution >= 4 is 29.0 Å². The van der Waals surface area contributed by atoms with Gasteiger partial charge in [-0.05, 0) is 67.6 Å². The average Bonchev–Trinajstić information content (AvgIpc) is 3.18. The molecule has 1 aliphatic heterocycles. The first kappa shape index (κ1) is 20.0. The maximum Gasteiger partial charge on any atom is 0.293 e. The Labute approximate surface area is 179 Å². The predicted molar refractivity (Wildman–Crippen MR) is 118 cm³/mol. The molecule has 0 atom stereocenters. The molecule has 1 aromatic carbocycles. The average molecular weight is 420 g/mol. The summed E-state index contributed by atoms with van der Waals surface area (Å²) in [5, 5.41) is -0.274. The molecule has 152 valence electrons. The molecule has 3 aromatic rings. The molecule has 6 nitrogen and oxygen atoms in total. The van der Waals surface area contributed by atoms with E-state index in [-0.39, 0.29) is 24.3 Å². The van der Waals surface area contributed by atoms with Gasteiger partial charge in [0.15, 0.2) is 0 Å². The van der Waals surface area contributed by atoms with Gasteiger partial charge < -0.3 is 9.30 Å². The number of carbonyl (C=O) groups excluding carboxylic acids is 2. The number of pyridine rings is 1. The van der Waals surface area contributed by atoms with E-state index in [1.165, 1.54) is 4.90 Å². The van der Waals surface area contributed by atoms with Crippen LogP contribution in [0.2, 0.25) is 0 Å². The Hall–Kier alpha value is -3.32. The number of hydrogen-bond acceptors (Lipinski definition) is 5. The molecule has 0 bridgehead atoms. The third kappa shape index (κ3) is 4.02. The predicted octanol–water partition coefficient (Wildman–Crippen LogP) is 4.60. The van der Waals surface area contributed by atoms with Crippen molar-refractivity contribution in [1.29, 1.82) is 0 Å². The van der Waals surface area contributed by atoms with Crippen LogP contribution in [0.4, 0.5) is 4.79 Å². The molecule has 1 fully saturated rings. The summed E-state index contributed by atoms with van der Waals surface area (Å²) in [4.78, 5) is 31.0. The number of amides is 2. The van der Waals surface area contributed by atoms with Crippen molar-refractivity contribution in [2.45, 2.75) is 13.8 Å². The summed E-state index contributed by atoms with van der Waals surface area (Å²) in [6.07, 6.45) is 5.32. The van der Waals surface area contributed by atoms with Crippen LogP contribution in [0.25, 0.3) is 11.8 Å². The molecule has 1 saturated heterocycles. The maximum absolute atomic E-state index is 12.8. The van der Waals surface area contributed by atoms with Gasteiger partial charge in [-0.25, -0.2) is 0 Å². The minimum absolute atomic E-state index is 0.214. The van der Waals surface area contributed by atoms with E-state index in [2.05, 4.69) is 9.55 Å². The van der Waals surface area contributed by atoms with Gasteiger partial charge >= 0.3 is 0 Å². The molecule has 7 heteroatoms.